The SMILES string of the molecule is C=C(C)C(=O)OCNCOC(C)(C)C(=O)C(=C)C. The average molecular weight is 255 g/mol. The summed E-state index contributed by atoms with van der Waals surface area (Å²) in [6.45, 7) is 13.6. The van der Waals surface area contributed by atoms with Crippen LogP contribution >= 0.6 is 0 Å². The lowest BCUT2D eigenvalue weighted by molar-refractivity contribution is -0.143. The minimum absolute atomic E-state index is 0.00301. The van der Waals surface area contributed by atoms with Gasteiger partial charge in [0, 0.05) is 5.57 Å². The lowest BCUT2D eigenvalue weighted by Crippen LogP contribution is -2.39. The van der Waals surface area contributed by atoms with Crippen LogP contribution in [0.15, 0.2) is 24.3 Å². The average Bonchev–Trinajstić information content (AvgIpc) is 2.26. The first-order valence-corrected chi connectivity index (χ1v) is 5.56. The first-order valence-electron chi connectivity index (χ1n) is 5.56. The number of rotatable bonds is 8. The van der Waals surface area contributed by atoms with E-state index >= 15 is 0 Å². The number of ether oxygens (including phenoxy) is 2. The standard InChI is InChI=1S/C13H21NO4/c1-9(2)11(15)13(5,6)18-8-14-7-17-12(16)10(3)4/h14H,1,3,7-8H2,2,4-6H3. The fourth-order valence-corrected chi connectivity index (χ4v) is 1.09. The van der Waals surface area contributed by atoms with E-state index in [1.807, 2.05) is 0 Å². The monoisotopic (exact) mass is 255 g/mol. The van der Waals surface area contributed by atoms with Crippen molar-refractivity contribution in [2.45, 2.75) is 33.3 Å². The molecule has 0 aromatic rings. The minimum atomic E-state index is -0.947. The summed E-state index contributed by atoms with van der Waals surface area (Å²) in [6, 6.07) is 0. The zero-order valence-electron chi connectivity index (χ0n) is 11.5. The van der Waals surface area contributed by atoms with Gasteiger partial charge >= 0.3 is 5.97 Å². The van der Waals surface area contributed by atoms with E-state index in [-0.39, 0.29) is 19.2 Å². The highest BCUT2D eigenvalue weighted by Gasteiger charge is 2.28. The summed E-state index contributed by atoms with van der Waals surface area (Å²) in [5, 5.41) is 2.73. The van der Waals surface area contributed by atoms with E-state index < -0.39 is 11.6 Å². The van der Waals surface area contributed by atoms with Crippen molar-refractivity contribution in [3.05, 3.63) is 24.3 Å². The summed E-state index contributed by atoms with van der Waals surface area (Å²) in [6.07, 6.45) is 0. The molecule has 0 amide bonds. The van der Waals surface area contributed by atoms with Gasteiger partial charge in [-0.25, -0.2) is 4.79 Å². The maximum atomic E-state index is 11.7. The van der Waals surface area contributed by atoms with Gasteiger partial charge in [0.15, 0.2) is 5.78 Å². The maximum Gasteiger partial charge on any atom is 0.334 e. The Morgan fingerprint density at radius 1 is 1.11 bits per heavy atom. The molecule has 1 N–H and O–H groups in total. The van der Waals surface area contributed by atoms with Crippen LogP contribution in [0.2, 0.25) is 0 Å². The molecule has 0 aromatic carbocycles. The Bertz CT molecular complexity index is 358. The number of carbonyl (C=O) groups is 2. The van der Waals surface area contributed by atoms with Gasteiger partial charge < -0.3 is 9.47 Å². The van der Waals surface area contributed by atoms with Crippen molar-refractivity contribution in [1.82, 2.24) is 5.32 Å². The van der Waals surface area contributed by atoms with Crippen molar-refractivity contribution in [1.29, 1.82) is 0 Å². The predicted molar refractivity (Wildman–Crippen MR) is 68.8 cm³/mol. The lowest BCUT2D eigenvalue weighted by Gasteiger charge is -2.24. The van der Waals surface area contributed by atoms with E-state index in [0.29, 0.717) is 11.1 Å². The molecule has 0 spiro atoms. The van der Waals surface area contributed by atoms with Gasteiger partial charge in [-0.05, 0) is 33.3 Å². The van der Waals surface area contributed by atoms with Crippen LogP contribution in [0.25, 0.3) is 0 Å². The topological polar surface area (TPSA) is 64.6 Å². The Kier molecular flexibility index (Phi) is 6.51. The molecule has 0 atom stereocenters. The highest BCUT2D eigenvalue weighted by molar-refractivity contribution is 6.00. The highest BCUT2D eigenvalue weighted by Crippen LogP contribution is 2.14. The lowest BCUT2D eigenvalue weighted by atomic mass is 9.99. The van der Waals surface area contributed by atoms with E-state index in [4.69, 9.17) is 9.47 Å². The molecular weight excluding hydrogens is 234 g/mol. The Balaban J connectivity index is 3.91. The molecule has 0 fully saturated rings. The highest BCUT2D eigenvalue weighted by atomic mass is 16.6. The summed E-state index contributed by atoms with van der Waals surface area (Å²) in [5.41, 5.74) is -0.179. The molecule has 0 aliphatic rings. The molecule has 0 unspecified atom stereocenters. The first kappa shape index (κ1) is 16.5. The molecule has 0 aliphatic carbocycles. The van der Waals surface area contributed by atoms with E-state index in [1.54, 1.807) is 27.7 Å². The third-order valence-corrected chi connectivity index (χ3v) is 2.12. The van der Waals surface area contributed by atoms with Crippen LogP contribution in [0.4, 0.5) is 0 Å². The van der Waals surface area contributed by atoms with E-state index in [9.17, 15) is 9.59 Å². The van der Waals surface area contributed by atoms with Crippen LogP contribution in [-0.2, 0) is 19.1 Å². The molecule has 102 valence electrons. The van der Waals surface area contributed by atoms with Crippen LogP contribution in [0, 0.1) is 0 Å². The smallest absolute Gasteiger partial charge is 0.334 e. The number of carbonyl (C=O) groups excluding carboxylic acids is 2. The number of ketones is 1. The van der Waals surface area contributed by atoms with Crippen LogP contribution < -0.4 is 5.32 Å². The second kappa shape index (κ2) is 7.08. The van der Waals surface area contributed by atoms with Crippen molar-refractivity contribution in [2.75, 3.05) is 13.5 Å². The van der Waals surface area contributed by atoms with Crippen molar-refractivity contribution in [3.63, 3.8) is 0 Å². The molecule has 18 heavy (non-hydrogen) atoms. The minimum Gasteiger partial charge on any atom is -0.446 e. The van der Waals surface area contributed by atoms with Crippen molar-refractivity contribution in [3.8, 4) is 0 Å². The summed E-state index contributed by atoms with van der Waals surface area (Å²) >= 11 is 0. The Morgan fingerprint density at radius 3 is 2.11 bits per heavy atom. The van der Waals surface area contributed by atoms with Gasteiger partial charge in [0.1, 0.15) is 19.1 Å². The summed E-state index contributed by atoms with van der Waals surface area (Å²) in [7, 11) is 0. The van der Waals surface area contributed by atoms with Crippen LogP contribution in [-0.4, -0.2) is 30.8 Å². The fraction of sp³-hybridized carbons (Fsp3) is 0.538. The molecule has 0 heterocycles. The van der Waals surface area contributed by atoms with Gasteiger partial charge in [-0.15, -0.1) is 0 Å². The molecule has 0 aliphatic heterocycles. The quantitative estimate of drug-likeness (QED) is 0.308. The normalized spacial score (nSPS) is 10.9. The van der Waals surface area contributed by atoms with Crippen LogP contribution in [0.1, 0.15) is 27.7 Å². The number of hydrogen-bond donors (Lipinski definition) is 1. The molecule has 0 rings (SSSR count). The van der Waals surface area contributed by atoms with Gasteiger partial charge in [-0.3, -0.25) is 10.1 Å². The van der Waals surface area contributed by atoms with Gasteiger partial charge in [0.05, 0.1) is 0 Å². The molecular formula is C13H21NO4. The van der Waals surface area contributed by atoms with Crippen LogP contribution in [0.3, 0.4) is 0 Å². The molecule has 0 radical (unpaired) electrons. The van der Waals surface area contributed by atoms with Gasteiger partial charge in [-0.1, -0.05) is 13.2 Å². The van der Waals surface area contributed by atoms with Crippen molar-refractivity contribution >= 4 is 11.8 Å². The fourth-order valence-electron chi connectivity index (χ4n) is 1.09. The second-order valence-corrected chi connectivity index (χ2v) is 4.51. The molecule has 0 saturated carbocycles. The predicted octanol–water partition coefficient (Wildman–Crippen LogP) is 1.55. The summed E-state index contributed by atoms with van der Waals surface area (Å²) in [4.78, 5) is 22.7. The largest absolute Gasteiger partial charge is 0.446 e. The third-order valence-electron chi connectivity index (χ3n) is 2.12. The van der Waals surface area contributed by atoms with Gasteiger partial charge in [0.25, 0.3) is 0 Å². The van der Waals surface area contributed by atoms with E-state index in [0.717, 1.165) is 0 Å². The molecule has 0 bridgehead atoms. The molecule has 5 nitrogen and oxygen atoms in total. The maximum absolute atomic E-state index is 11.7. The van der Waals surface area contributed by atoms with Crippen LogP contribution in [0.5, 0.6) is 0 Å². The number of esters is 1. The third kappa shape index (κ3) is 5.75. The van der Waals surface area contributed by atoms with Gasteiger partial charge in [-0.2, -0.15) is 0 Å². The Morgan fingerprint density at radius 2 is 1.67 bits per heavy atom. The summed E-state index contributed by atoms with van der Waals surface area (Å²) in [5.74, 6) is -0.636. The Labute approximate surface area is 108 Å². The number of nitrogens with one attached hydrogen (secondary N) is 1. The number of Topliss-reactive ketones (excluding diaryl/α,β-unsaturated/α-hetero) is 1. The zero-order valence-corrected chi connectivity index (χ0v) is 11.5. The Hall–Kier alpha value is -1.46. The van der Waals surface area contributed by atoms with Crippen molar-refractivity contribution in [2.24, 2.45) is 0 Å². The summed E-state index contributed by atoms with van der Waals surface area (Å²) < 4.78 is 10.2. The van der Waals surface area contributed by atoms with Crippen molar-refractivity contribution < 1.29 is 19.1 Å². The van der Waals surface area contributed by atoms with E-state index in [1.165, 1.54) is 0 Å². The zero-order chi connectivity index (χ0) is 14.3. The van der Waals surface area contributed by atoms with Gasteiger partial charge in [0.2, 0.25) is 0 Å². The second-order valence-electron chi connectivity index (χ2n) is 4.51. The molecule has 0 aromatic heterocycles. The van der Waals surface area contributed by atoms with E-state index in [2.05, 4.69) is 18.5 Å². The number of hydrogen-bond acceptors (Lipinski definition) is 5. The molecule has 5 heteroatoms. The first-order chi connectivity index (χ1) is 8.18. The molecule has 0 saturated heterocycles.